The molecule has 0 aliphatic heterocycles. The highest BCUT2D eigenvalue weighted by Gasteiger charge is 1.98. The fraction of sp³-hybridized carbons (Fsp3) is 0.923. The van der Waals surface area contributed by atoms with Crippen molar-refractivity contribution in [3.63, 3.8) is 0 Å². The third-order valence-corrected chi connectivity index (χ3v) is 2.33. The Labute approximate surface area is 124 Å². The maximum atomic E-state index is 4.54. The molecule has 0 radical (unpaired) electrons. The molecule has 0 amide bonds. The highest BCUT2D eigenvalue weighted by Crippen LogP contribution is 1.99. The maximum absolute atomic E-state index is 4.54. The zero-order valence-corrected chi connectivity index (χ0v) is 14.4. The molecule has 0 atom stereocenters. The van der Waals surface area contributed by atoms with Crippen LogP contribution in [0.15, 0.2) is 4.99 Å². The molecule has 0 spiro atoms. The van der Waals surface area contributed by atoms with E-state index in [-0.39, 0.29) is 24.0 Å². The number of nitrogens with zero attached hydrogens (tertiary/aromatic N) is 1. The lowest BCUT2D eigenvalue weighted by atomic mass is 10.1. The molecule has 0 fully saturated rings. The predicted molar refractivity (Wildman–Crippen MR) is 88.3 cm³/mol. The average molecular weight is 355 g/mol. The zero-order valence-electron chi connectivity index (χ0n) is 12.0. The molecule has 0 aliphatic carbocycles. The van der Waals surface area contributed by atoms with E-state index in [1.54, 1.807) is 0 Å². The minimum absolute atomic E-state index is 0. The van der Waals surface area contributed by atoms with Crippen LogP contribution in [0.3, 0.4) is 0 Å². The maximum Gasteiger partial charge on any atom is 0.191 e. The van der Waals surface area contributed by atoms with Crippen LogP contribution in [-0.4, -0.2) is 25.6 Å². The number of halogens is 1. The normalized spacial score (nSPS) is 11.6. The Kier molecular flexibility index (Phi) is 14.2. The zero-order chi connectivity index (χ0) is 12.4. The molecule has 0 rings (SSSR count). The lowest BCUT2D eigenvalue weighted by Gasteiger charge is -2.12. The number of aliphatic imine (C=N–C) groups is 1. The molecule has 0 unspecified atom stereocenters. The van der Waals surface area contributed by atoms with Gasteiger partial charge >= 0.3 is 0 Å². The summed E-state index contributed by atoms with van der Waals surface area (Å²) in [5, 5.41) is 6.63. The first-order valence-electron chi connectivity index (χ1n) is 6.58. The minimum Gasteiger partial charge on any atom is -0.357 e. The number of rotatable bonds is 7. The summed E-state index contributed by atoms with van der Waals surface area (Å²) in [5.41, 5.74) is 0. The summed E-state index contributed by atoms with van der Waals surface area (Å²) in [6, 6.07) is 0. The van der Waals surface area contributed by atoms with Crippen molar-refractivity contribution in [2.75, 3.05) is 19.6 Å². The van der Waals surface area contributed by atoms with Gasteiger partial charge in [-0.3, -0.25) is 4.99 Å². The Hall–Kier alpha value is 0. The fourth-order valence-electron chi connectivity index (χ4n) is 1.26. The van der Waals surface area contributed by atoms with Crippen LogP contribution in [0.2, 0.25) is 0 Å². The lowest BCUT2D eigenvalue weighted by Crippen LogP contribution is -2.38. The Balaban J connectivity index is 0. The fourth-order valence-corrected chi connectivity index (χ4v) is 1.26. The van der Waals surface area contributed by atoms with Gasteiger partial charge in [0, 0.05) is 19.6 Å². The molecule has 3 nitrogen and oxygen atoms in total. The molecule has 2 N–H and O–H groups in total. The molecule has 0 heterocycles. The van der Waals surface area contributed by atoms with E-state index in [0.29, 0.717) is 0 Å². The number of hydrogen-bond acceptors (Lipinski definition) is 1. The molecule has 0 saturated carbocycles. The van der Waals surface area contributed by atoms with Crippen molar-refractivity contribution < 1.29 is 0 Å². The van der Waals surface area contributed by atoms with Gasteiger partial charge in [0.25, 0.3) is 0 Å². The van der Waals surface area contributed by atoms with E-state index in [1.807, 2.05) is 0 Å². The van der Waals surface area contributed by atoms with Crippen molar-refractivity contribution in [2.24, 2.45) is 16.8 Å². The number of guanidine groups is 1. The Morgan fingerprint density at radius 2 is 1.59 bits per heavy atom. The largest absolute Gasteiger partial charge is 0.357 e. The summed E-state index contributed by atoms with van der Waals surface area (Å²) in [4.78, 5) is 4.54. The lowest BCUT2D eigenvalue weighted by molar-refractivity contribution is 0.570. The topological polar surface area (TPSA) is 36.4 Å². The molecule has 0 aromatic rings. The van der Waals surface area contributed by atoms with Gasteiger partial charge in [0.1, 0.15) is 0 Å². The summed E-state index contributed by atoms with van der Waals surface area (Å²) in [6.45, 7) is 13.9. The molecule has 0 aromatic carbocycles. The van der Waals surface area contributed by atoms with E-state index in [1.165, 1.54) is 6.42 Å². The summed E-state index contributed by atoms with van der Waals surface area (Å²) < 4.78 is 0. The van der Waals surface area contributed by atoms with Crippen LogP contribution >= 0.6 is 24.0 Å². The monoisotopic (exact) mass is 355 g/mol. The smallest absolute Gasteiger partial charge is 0.191 e. The first-order chi connectivity index (χ1) is 7.56. The second kappa shape index (κ2) is 12.5. The summed E-state index contributed by atoms with van der Waals surface area (Å²) in [5.74, 6) is 2.43. The predicted octanol–water partition coefficient (Wildman–Crippen LogP) is 3.25. The molecule has 0 aliphatic rings. The second-order valence-electron chi connectivity index (χ2n) is 5.05. The van der Waals surface area contributed by atoms with Gasteiger partial charge in [-0.25, -0.2) is 0 Å². The van der Waals surface area contributed by atoms with Gasteiger partial charge < -0.3 is 10.6 Å². The van der Waals surface area contributed by atoms with Crippen LogP contribution < -0.4 is 10.6 Å². The molecular formula is C13H30IN3. The summed E-state index contributed by atoms with van der Waals surface area (Å²) in [7, 11) is 0. The van der Waals surface area contributed by atoms with Gasteiger partial charge in [0.05, 0.1) is 0 Å². The highest BCUT2D eigenvalue weighted by molar-refractivity contribution is 14.0. The third kappa shape index (κ3) is 13.9. The molecule has 17 heavy (non-hydrogen) atoms. The highest BCUT2D eigenvalue weighted by atomic mass is 127. The van der Waals surface area contributed by atoms with E-state index >= 15 is 0 Å². The molecule has 4 heteroatoms. The van der Waals surface area contributed by atoms with Gasteiger partial charge in [-0.15, -0.1) is 24.0 Å². The minimum atomic E-state index is 0. The van der Waals surface area contributed by atoms with Gasteiger partial charge in [0.15, 0.2) is 5.96 Å². The van der Waals surface area contributed by atoms with Crippen molar-refractivity contribution in [3.8, 4) is 0 Å². The van der Waals surface area contributed by atoms with Gasteiger partial charge in [-0.05, 0) is 31.6 Å². The van der Waals surface area contributed by atoms with Crippen LogP contribution in [0.25, 0.3) is 0 Å². The quantitative estimate of drug-likeness (QED) is 0.418. The molecule has 0 aromatic heterocycles. The van der Waals surface area contributed by atoms with E-state index < -0.39 is 0 Å². The van der Waals surface area contributed by atoms with Crippen molar-refractivity contribution >= 4 is 29.9 Å². The third-order valence-electron chi connectivity index (χ3n) is 2.33. The van der Waals surface area contributed by atoms with E-state index in [4.69, 9.17) is 0 Å². The SMILES string of the molecule is CCNC(=NCCC(C)C)NCCC(C)C.I. The summed E-state index contributed by atoms with van der Waals surface area (Å²) >= 11 is 0. The van der Waals surface area contributed by atoms with Gasteiger partial charge in [-0.1, -0.05) is 27.7 Å². The van der Waals surface area contributed by atoms with Crippen LogP contribution in [0.1, 0.15) is 47.5 Å². The van der Waals surface area contributed by atoms with E-state index in [0.717, 1.165) is 43.9 Å². The van der Waals surface area contributed by atoms with Crippen LogP contribution in [-0.2, 0) is 0 Å². The van der Waals surface area contributed by atoms with Gasteiger partial charge in [0.2, 0.25) is 0 Å². The Morgan fingerprint density at radius 3 is 2.06 bits per heavy atom. The van der Waals surface area contributed by atoms with E-state index in [2.05, 4.69) is 50.2 Å². The second-order valence-corrected chi connectivity index (χ2v) is 5.05. The van der Waals surface area contributed by atoms with Crippen LogP contribution in [0.4, 0.5) is 0 Å². The first-order valence-corrected chi connectivity index (χ1v) is 6.58. The number of nitrogens with one attached hydrogen (secondary N) is 2. The summed E-state index contributed by atoms with van der Waals surface area (Å²) in [6.07, 6.45) is 2.34. The standard InChI is InChI=1S/C13H29N3.HI/c1-6-14-13(15-9-7-11(2)3)16-10-8-12(4)5;/h11-12H,6-10H2,1-5H3,(H2,14,15,16);1H. The van der Waals surface area contributed by atoms with Crippen molar-refractivity contribution in [1.82, 2.24) is 10.6 Å². The van der Waals surface area contributed by atoms with Crippen LogP contribution in [0, 0.1) is 11.8 Å². The van der Waals surface area contributed by atoms with E-state index in [9.17, 15) is 0 Å². The Morgan fingerprint density at radius 1 is 1.00 bits per heavy atom. The molecule has 104 valence electrons. The number of hydrogen-bond donors (Lipinski definition) is 2. The van der Waals surface area contributed by atoms with Crippen molar-refractivity contribution in [2.45, 2.75) is 47.5 Å². The van der Waals surface area contributed by atoms with Gasteiger partial charge in [-0.2, -0.15) is 0 Å². The Bertz CT molecular complexity index is 191. The molecule has 0 bridgehead atoms. The van der Waals surface area contributed by atoms with Crippen LogP contribution in [0.5, 0.6) is 0 Å². The first kappa shape index (κ1) is 19.3. The van der Waals surface area contributed by atoms with Crippen molar-refractivity contribution in [1.29, 1.82) is 0 Å². The molecule has 0 saturated heterocycles. The molecular weight excluding hydrogens is 325 g/mol. The average Bonchev–Trinajstić information content (AvgIpc) is 2.16. The van der Waals surface area contributed by atoms with Crippen molar-refractivity contribution in [3.05, 3.63) is 0 Å².